The molecule has 0 bridgehead atoms. The normalized spacial score (nSPS) is 13.1. The van der Waals surface area contributed by atoms with Crippen molar-refractivity contribution in [2.45, 2.75) is 26.3 Å². The molecule has 0 unspecified atom stereocenters. The Labute approximate surface area is 133 Å². The van der Waals surface area contributed by atoms with Gasteiger partial charge in [0.25, 0.3) is 5.91 Å². The number of hydrogen-bond donors (Lipinski definition) is 1. The summed E-state index contributed by atoms with van der Waals surface area (Å²) in [5.41, 5.74) is 0. The first-order valence-electron chi connectivity index (χ1n) is 6.73. The summed E-state index contributed by atoms with van der Waals surface area (Å²) in [5.74, 6) is -0.226. The first kappa shape index (κ1) is 17.5. The van der Waals surface area contributed by atoms with Crippen molar-refractivity contribution in [3.8, 4) is 5.75 Å². The lowest BCUT2D eigenvalue weighted by Crippen LogP contribution is -2.47. The van der Waals surface area contributed by atoms with E-state index in [9.17, 15) is 9.59 Å². The third-order valence-electron chi connectivity index (χ3n) is 3.15. The summed E-state index contributed by atoms with van der Waals surface area (Å²) in [7, 11) is 1.31. The fourth-order valence-electron chi connectivity index (χ4n) is 1.72. The lowest BCUT2D eigenvalue weighted by molar-refractivity contribution is -0.146. The minimum Gasteiger partial charge on any atom is -0.484 e. The molecule has 5 nitrogen and oxygen atoms in total. The zero-order valence-electron chi connectivity index (χ0n) is 12.4. The van der Waals surface area contributed by atoms with E-state index in [2.05, 4.69) is 21.2 Å². The maximum Gasteiger partial charge on any atom is 0.328 e. The molecule has 0 saturated heterocycles. The third kappa shape index (κ3) is 5.75. The van der Waals surface area contributed by atoms with Crippen molar-refractivity contribution in [2.75, 3.05) is 13.7 Å². The van der Waals surface area contributed by atoms with Gasteiger partial charge < -0.3 is 14.8 Å². The molecule has 0 spiro atoms. The predicted molar refractivity (Wildman–Crippen MR) is 83.0 cm³/mol. The van der Waals surface area contributed by atoms with E-state index >= 15 is 0 Å². The number of amides is 1. The molecule has 0 radical (unpaired) electrons. The number of rotatable bonds is 7. The average molecular weight is 358 g/mol. The highest BCUT2D eigenvalue weighted by Crippen LogP contribution is 2.17. The molecule has 1 aromatic carbocycles. The van der Waals surface area contributed by atoms with E-state index in [1.807, 2.05) is 26.0 Å². The number of benzene rings is 1. The summed E-state index contributed by atoms with van der Waals surface area (Å²) in [6, 6.07) is 6.54. The number of ether oxygens (including phenoxy) is 2. The molecule has 2 atom stereocenters. The first-order chi connectivity index (χ1) is 9.97. The smallest absolute Gasteiger partial charge is 0.328 e. The van der Waals surface area contributed by atoms with Crippen LogP contribution in [0.15, 0.2) is 28.7 Å². The van der Waals surface area contributed by atoms with Crippen molar-refractivity contribution in [2.24, 2.45) is 5.92 Å². The summed E-state index contributed by atoms with van der Waals surface area (Å²) in [6.07, 6.45) is 0.756. The Balaban J connectivity index is 2.56. The molecule has 0 fully saturated rings. The SMILES string of the molecule is CC[C@@H](C)[C@@H](NC(=O)COc1cccc(Br)c1)C(=O)OC. The van der Waals surface area contributed by atoms with Gasteiger partial charge in [0, 0.05) is 4.47 Å². The van der Waals surface area contributed by atoms with E-state index in [0.717, 1.165) is 10.9 Å². The van der Waals surface area contributed by atoms with Crippen LogP contribution < -0.4 is 10.1 Å². The van der Waals surface area contributed by atoms with Crippen LogP contribution in [0.3, 0.4) is 0 Å². The van der Waals surface area contributed by atoms with E-state index in [-0.39, 0.29) is 18.4 Å². The molecule has 0 aliphatic carbocycles. The van der Waals surface area contributed by atoms with E-state index in [1.165, 1.54) is 7.11 Å². The number of carbonyl (C=O) groups is 2. The number of nitrogens with one attached hydrogen (secondary N) is 1. The minimum atomic E-state index is -0.654. The Morgan fingerprint density at radius 1 is 1.38 bits per heavy atom. The maximum absolute atomic E-state index is 11.9. The molecule has 1 amide bonds. The lowest BCUT2D eigenvalue weighted by Gasteiger charge is -2.21. The molecule has 21 heavy (non-hydrogen) atoms. The van der Waals surface area contributed by atoms with Gasteiger partial charge in [-0.05, 0) is 24.1 Å². The second-order valence-electron chi connectivity index (χ2n) is 4.70. The van der Waals surface area contributed by atoms with Crippen molar-refractivity contribution in [1.82, 2.24) is 5.32 Å². The molecule has 0 aliphatic rings. The maximum atomic E-state index is 11.9. The fourth-order valence-corrected chi connectivity index (χ4v) is 2.10. The Morgan fingerprint density at radius 2 is 2.10 bits per heavy atom. The molecule has 0 aromatic heterocycles. The highest BCUT2D eigenvalue weighted by molar-refractivity contribution is 9.10. The number of halogens is 1. The minimum absolute atomic E-state index is 0.00716. The Morgan fingerprint density at radius 3 is 2.67 bits per heavy atom. The Kier molecular flexibility index (Phi) is 7.22. The summed E-state index contributed by atoms with van der Waals surface area (Å²) >= 11 is 3.32. The zero-order valence-corrected chi connectivity index (χ0v) is 14.0. The van der Waals surface area contributed by atoms with Gasteiger partial charge in [-0.15, -0.1) is 0 Å². The van der Waals surface area contributed by atoms with Gasteiger partial charge in [-0.3, -0.25) is 4.79 Å². The zero-order chi connectivity index (χ0) is 15.8. The molecule has 0 aliphatic heterocycles. The highest BCUT2D eigenvalue weighted by atomic mass is 79.9. The largest absolute Gasteiger partial charge is 0.484 e. The Hall–Kier alpha value is -1.56. The van der Waals surface area contributed by atoms with Gasteiger partial charge in [0.2, 0.25) is 0 Å². The second-order valence-corrected chi connectivity index (χ2v) is 5.62. The van der Waals surface area contributed by atoms with E-state index in [4.69, 9.17) is 9.47 Å². The summed E-state index contributed by atoms with van der Waals surface area (Å²) < 4.78 is 11.0. The number of hydrogen-bond acceptors (Lipinski definition) is 4. The van der Waals surface area contributed by atoms with Crippen molar-refractivity contribution in [3.05, 3.63) is 28.7 Å². The van der Waals surface area contributed by atoms with Crippen LogP contribution in [-0.4, -0.2) is 31.6 Å². The van der Waals surface area contributed by atoms with Crippen LogP contribution in [0.2, 0.25) is 0 Å². The molecule has 1 N–H and O–H groups in total. The van der Waals surface area contributed by atoms with Gasteiger partial charge in [0.05, 0.1) is 7.11 Å². The van der Waals surface area contributed by atoms with E-state index in [1.54, 1.807) is 12.1 Å². The molecule has 6 heteroatoms. The van der Waals surface area contributed by atoms with Crippen molar-refractivity contribution >= 4 is 27.8 Å². The molecular weight excluding hydrogens is 338 g/mol. The van der Waals surface area contributed by atoms with E-state index < -0.39 is 12.0 Å². The van der Waals surface area contributed by atoms with Crippen LogP contribution in [0.1, 0.15) is 20.3 Å². The average Bonchev–Trinajstić information content (AvgIpc) is 2.49. The lowest BCUT2D eigenvalue weighted by atomic mass is 9.99. The van der Waals surface area contributed by atoms with Gasteiger partial charge in [-0.25, -0.2) is 4.79 Å². The van der Waals surface area contributed by atoms with Crippen LogP contribution in [0.4, 0.5) is 0 Å². The van der Waals surface area contributed by atoms with Gasteiger partial charge in [0.1, 0.15) is 11.8 Å². The molecule has 1 rings (SSSR count). The standard InChI is InChI=1S/C15H20BrNO4/c1-4-10(2)14(15(19)20-3)17-13(18)9-21-12-7-5-6-11(16)8-12/h5-8,10,14H,4,9H2,1-3H3,(H,17,18)/t10-,14-/m1/s1. The number of methoxy groups -OCH3 is 1. The molecule has 0 heterocycles. The van der Waals surface area contributed by atoms with Crippen molar-refractivity contribution < 1.29 is 19.1 Å². The van der Waals surface area contributed by atoms with Crippen molar-refractivity contribution in [1.29, 1.82) is 0 Å². The third-order valence-corrected chi connectivity index (χ3v) is 3.64. The molecule has 1 aromatic rings. The monoisotopic (exact) mass is 357 g/mol. The Bertz CT molecular complexity index is 492. The van der Waals surface area contributed by atoms with Crippen LogP contribution in [-0.2, 0) is 14.3 Å². The quantitative estimate of drug-likeness (QED) is 0.761. The van der Waals surface area contributed by atoms with Gasteiger partial charge >= 0.3 is 5.97 Å². The first-order valence-corrected chi connectivity index (χ1v) is 7.52. The highest BCUT2D eigenvalue weighted by Gasteiger charge is 2.26. The van der Waals surface area contributed by atoms with Gasteiger partial charge in [-0.1, -0.05) is 42.3 Å². The van der Waals surface area contributed by atoms with Crippen LogP contribution in [0.5, 0.6) is 5.75 Å². The molecular formula is C15H20BrNO4. The van der Waals surface area contributed by atoms with Gasteiger partial charge in [0.15, 0.2) is 6.61 Å². The summed E-state index contributed by atoms with van der Waals surface area (Å²) in [6.45, 7) is 3.68. The topological polar surface area (TPSA) is 64.6 Å². The molecule has 116 valence electrons. The fraction of sp³-hybridized carbons (Fsp3) is 0.467. The van der Waals surface area contributed by atoms with Crippen molar-refractivity contribution in [3.63, 3.8) is 0 Å². The molecule has 0 saturated carbocycles. The second kappa shape index (κ2) is 8.67. The van der Waals surface area contributed by atoms with Gasteiger partial charge in [-0.2, -0.15) is 0 Å². The predicted octanol–water partition coefficient (Wildman–Crippen LogP) is 2.53. The number of carbonyl (C=O) groups excluding carboxylic acids is 2. The number of esters is 1. The van der Waals surface area contributed by atoms with Crippen LogP contribution in [0.25, 0.3) is 0 Å². The van der Waals surface area contributed by atoms with E-state index in [0.29, 0.717) is 5.75 Å². The van der Waals surface area contributed by atoms with Crippen LogP contribution in [0, 0.1) is 5.92 Å². The van der Waals surface area contributed by atoms with Crippen LogP contribution >= 0.6 is 15.9 Å². The summed E-state index contributed by atoms with van der Waals surface area (Å²) in [5, 5.41) is 2.65. The summed E-state index contributed by atoms with van der Waals surface area (Å²) in [4.78, 5) is 23.6.